The Morgan fingerprint density at radius 3 is 2.37 bits per heavy atom. The maximum atomic E-state index is 13.1. The van der Waals surface area contributed by atoms with Crippen LogP contribution in [0.4, 0.5) is 18.9 Å². The van der Waals surface area contributed by atoms with E-state index in [2.05, 4.69) is 9.98 Å². The highest BCUT2D eigenvalue weighted by atomic mass is 35.5. The third kappa shape index (κ3) is 6.06. The van der Waals surface area contributed by atoms with E-state index >= 15 is 0 Å². The van der Waals surface area contributed by atoms with Gasteiger partial charge in [0.15, 0.2) is 0 Å². The van der Waals surface area contributed by atoms with Crippen LogP contribution in [0.5, 0.6) is 0 Å². The molecule has 178 valence electrons. The fourth-order valence-corrected chi connectivity index (χ4v) is 4.11. The molecule has 2 N–H and O–H groups in total. The number of carbonyl (C=O) groups excluding carboxylic acids is 1. The molecule has 0 bridgehead atoms. The monoisotopic (exact) mass is 515 g/mol. The molecule has 0 spiro atoms. The Morgan fingerprint density at radius 2 is 1.69 bits per heavy atom. The standard InChI is InChI=1S/C25H17ClF3N3O2S/c26-17-5-1-2-6-18(17)31-20(13-22(30)25(27,28)29)15-9-11-16(12-10-15)24(33)34-14-23-32-19-7-3-4-8-21(19)35-23/h1-13H,14,30H2. The van der Waals surface area contributed by atoms with Crippen LogP contribution in [0.15, 0.2) is 89.6 Å². The van der Waals surface area contributed by atoms with Crippen molar-refractivity contribution in [3.63, 3.8) is 0 Å². The number of ether oxygens (including phenoxy) is 1. The molecule has 0 aliphatic rings. The summed E-state index contributed by atoms with van der Waals surface area (Å²) in [4.78, 5) is 21.2. The number of benzene rings is 3. The lowest BCUT2D eigenvalue weighted by Gasteiger charge is -2.10. The van der Waals surface area contributed by atoms with Gasteiger partial charge in [-0.15, -0.1) is 11.3 Å². The minimum absolute atomic E-state index is 0.00397. The van der Waals surface area contributed by atoms with Gasteiger partial charge in [0.2, 0.25) is 0 Å². The van der Waals surface area contributed by atoms with E-state index in [0.717, 1.165) is 16.3 Å². The van der Waals surface area contributed by atoms with E-state index in [0.29, 0.717) is 10.6 Å². The summed E-state index contributed by atoms with van der Waals surface area (Å²) in [5.74, 6) is -0.592. The van der Waals surface area contributed by atoms with Crippen LogP contribution in [0.2, 0.25) is 5.02 Å². The number of nitrogens with two attached hydrogens (primary N) is 1. The van der Waals surface area contributed by atoms with Crippen LogP contribution < -0.4 is 5.73 Å². The molecule has 35 heavy (non-hydrogen) atoms. The highest BCUT2D eigenvalue weighted by Crippen LogP contribution is 2.27. The minimum atomic E-state index is -4.73. The lowest BCUT2D eigenvalue weighted by atomic mass is 10.1. The number of alkyl halides is 3. The van der Waals surface area contributed by atoms with E-state index in [1.165, 1.54) is 35.6 Å². The van der Waals surface area contributed by atoms with Gasteiger partial charge in [-0.3, -0.25) is 0 Å². The molecule has 4 aromatic rings. The summed E-state index contributed by atoms with van der Waals surface area (Å²) in [7, 11) is 0. The maximum absolute atomic E-state index is 13.1. The number of halogens is 4. The fraction of sp³-hybridized carbons (Fsp3) is 0.0800. The number of nitrogens with zero attached hydrogens (tertiary/aromatic N) is 2. The van der Waals surface area contributed by atoms with Crippen LogP contribution in [0.3, 0.4) is 0 Å². The van der Waals surface area contributed by atoms with E-state index in [4.69, 9.17) is 22.1 Å². The number of fused-ring (bicyclic) bond motifs is 1. The number of hydrogen-bond donors (Lipinski definition) is 1. The van der Waals surface area contributed by atoms with Crippen LogP contribution in [-0.2, 0) is 11.3 Å². The van der Waals surface area contributed by atoms with Gasteiger partial charge in [0, 0.05) is 5.56 Å². The Bertz CT molecular complexity index is 1400. The van der Waals surface area contributed by atoms with Crippen molar-refractivity contribution < 1.29 is 22.7 Å². The van der Waals surface area contributed by atoms with Crippen molar-refractivity contribution in [1.29, 1.82) is 0 Å². The third-order valence-electron chi connectivity index (χ3n) is 4.79. The predicted molar refractivity (Wildman–Crippen MR) is 131 cm³/mol. The molecule has 0 saturated carbocycles. The molecule has 10 heteroatoms. The van der Waals surface area contributed by atoms with E-state index in [1.54, 1.807) is 24.3 Å². The summed E-state index contributed by atoms with van der Waals surface area (Å²) in [6.45, 7) is 0.00397. The van der Waals surface area contributed by atoms with Crippen molar-refractivity contribution in [1.82, 2.24) is 4.98 Å². The van der Waals surface area contributed by atoms with Gasteiger partial charge in [-0.05, 0) is 42.5 Å². The van der Waals surface area contributed by atoms with Crippen molar-refractivity contribution in [3.8, 4) is 0 Å². The molecule has 0 saturated heterocycles. The van der Waals surface area contributed by atoms with Crippen molar-refractivity contribution in [3.05, 3.63) is 106 Å². The summed E-state index contributed by atoms with van der Waals surface area (Å²) < 4.78 is 45.5. The van der Waals surface area contributed by atoms with Gasteiger partial charge in [-0.2, -0.15) is 13.2 Å². The van der Waals surface area contributed by atoms with E-state index in [1.807, 2.05) is 24.3 Å². The Morgan fingerprint density at radius 1 is 1.03 bits per heavy atom. The number of para-hydroxylation sites is 2. The molecule has 0 aliphatic carbocycles. The van der Waals surface area contributed by atoms with Gasteiger partial charge in [-0.1, -0.05) is 48.0 Å². The van der Waals surface area contributed by atoms with Gasteiger partial charge in [-0.25, -0.2) is 14.8 Å². The molecular weight excluding hydrogens is 499 g/mol. The molecule has 1 heterocycles. The molecule has 0 unspecified atom stereocenters. The summed E-state index contributed by atoms with van der Waals surface area (Å²) >= 11 is 7.54. The molecule has 3 aromatic carbocycles. The Hall–Kier alpha value is -3.69. The highest BCUT2D eigenvalue weighted by Gasteiger charge is 2.31. The second kappa shape index (κ2) is 10.3. The second-order valence-corrected chi connectivity index (χ2v) is 8.80. The molecule has 4 rings (SSSR count). The van der Waals surface area contributed by atoms with Gasteiger partial charge < -0.3 is 10.5 Å². The first-order chi connectivity index (χ1) is 16.7. The first-order valence-electron chi connectivity index (χ1n) is 10.2. The summed E-state index contributed by atoms with van der Waals surface area (Å²) in [6.07, 6.45) is -4.00. The van der Waals surface area contributed by atoms with Gasteiger partial charge in [0.25, 0.3) is 0 Å². The average Bonchev–Trinajstić information content (AvgIpc) is 3.26. The summed E-state index contributed by atoms with van der Waals surface area (Å²) in [6, 6.07) is 19.8. The van der Waals surface area contributed by atoms with E-state index in [9.17, 15) is 18.0 Å². The largest absolute Gasteiger partial charge is 0.455 e. The van der Waals surface area contributed by atoms with Crippen LogP contribution in [0.1, 0.15) is 20.9 Å². The van der Waals surface area contributed by atoms with E-state index in [-0.39, 0.29) is 28.6 Å². The number of carbonyl (C=O) groups is 1. The number of thiazole rings is 1. The number of aromatic nitrogens is 1. The van der Waals surface area contributed by atoms with Crippen LogP contribution >= 0.6 is 22.9 Å². The Kier molecular flexibility index (Phi) is 7.18. The van der Waals surface area contributed by atoms with Gasteiger partial charge in [0.05, 0.1) is 32.2 Å². The number of aliphatic imine (C=N–C) groups is 1. The van der Waals surface area contributed by atoms with Gasteiger partial charge in [0.1, 0.15) is 17.3 Å². The predicted octanol–water partition coefficient (Wildman–Crippen LogP) is 6.83. The average molecular weight is 516 g/mol. The van der Waals surface area contributed by atoms with Crippen LogP contribution in [0, 0.1) is 0 Å². The maximum Gasteiger partial charge on any atom is 0.430 e. The minimum Gasteiger partial charge on any atom is -0.455 e. The summed E-state index contributed by atoms with van der Waals surface area (Å²) in [5, 5.41) is 0.914. The van der Waals surface area contributed by atoms with E-state index < -0.39 is 17.8 Å². The van der Waals surface area contributed by atoms with Crippen LogP contribution in [0.25, 0.3) is 10.2 Å². The topological polar surface area (TPSA) is 77.6 Å². The SMILES string of the molecule is NC(=CC(=Nc1ccccc1Cl)c1ccc(C(=O)OCc2nc3ccccc3s2)cc1)C(F)(F)F. The molecule has 1 aromatic heterocycles. The molecular formula is C25H17ClF3N3O2S. The first-order valence-corrected chi connectivity index (χ1v) is 11.4. The zero-order chi connectivity index (χ0) is 25.0. The molecule has 0 aliphatic heterocycles. The number of esters is 1. The van der Waals surface area contributed by atoms with Crippen molar-refractivity contribution >= 4 is 50.5 Å². The lowest BCUT2D eigenvalue weighted by Crippen LogP contribution is -2.21. The summed E-state index contributed by atoms with van der Waals surface area (Å²) in [5.41, 5.74) is 5.46. The highest BCUT2D eigenvalue weighted by molar-refractivity contribution is 7.18. The zero-order valence-corrected chi connectivity index (χ0v) is 19.5. The lowest BCUT2D eigenvalue weighted by molar-refractivity contribution is -0.0925. The third-order valence-corrected chi connectivity index (χ3v) is 6.12. The molecule has 0 fully saturated rings. The number of rotatable bonds is 6. The normalized spacial score (nSPS) is 12.7. The molecule has 0 radical (unpaired) electrons. The zero-order valence-electron chi connectivity index (χ0n) is 17.9. The quantitative estimate of drug-likeness (QED) is 0.225. The number of hydrogen-bond acceptors (Lipinski definition) is 6. The van der Waals surface area contributed by atoms with Gasteiger partial charge >= 0.3 is 12.1 Å². The van der Waals surface area contributed by atoms with Crippen molar-refractivity contribution in [2.45, 2.75) is 12.8 Å². The fourth-order valence-electron chi connectivity index (χ4n) is 3.05. The Labute approximate surface area is 207 Å². The number of allylic oxidation sites excluding steroid dienone is 2. The smallest absolute Gasteiger partial charge is 0.430 e. The van der Waals surface area contributed by atoms with Crippen molar-refractivity contribution in [2.24, 2.45) is 10.7 Å². The molecule has 5 nitrogen and oxygen atoms in total. The molecule has 0 atom stereocenters. The van der Waals surface area contributed by atoms with Crippen molar-refractivity contribution in [2.75, 3.05) is 0 Å². The van der Waals surface area contributed by atoms with Crippen LogP contribution in [-0.4, -0.2) is 22.8 Å². The first kappa shape index (κ1) is 24.4. The Balaban J connectivity index is 1.55. The molecule has 0 amide bonds. The second-order valence-electron chi connectivity index (χ2n) is 7.27.